The minimum absolute atomic E-state index is 0.103. The van der Waals surface area contributed by atoms with E-state index in [-0.39, 0.29) is 11.9 Å². The number of anilines is 1. The van der Waals surface area contributed by atoms with E-state index in [9.17, 15) is 4.79 Å². The highest BCUT2D eigenvalue weighted by Crippen LogP contribution is 2.18. The van der Waals surface area contributed by atoms with Gasteiger partial charge >= 0.3 is 0 Å². The number of carbonyl (C=O) groups is 1. The first-order valence-corrected chi connectivity index (χ1v) is 7.51. The highest BCUT2D eigenvalue weighted by atomic mass is 16.1. The number of guanidine groups is 1. The van der Waals surface area contributed by atoms with Gasteiger partial charge in [0.25, 0.3) is 5.91 Å². The maximum Gasteiger partial charge on any atom is 0.273 e. The van der Waals surface area contributed by atoms with Crippen LogP contribution in [-0.4, -0.2) is 27.5 Å². The van der Waals surface area contributed by atoms with Gasteiger partial charge < -0.3 is 21.8 Å². The molecule has 1 amide bonds. The Morgan fingerprint density at radius 3 is 2.72 bits per heavy atom. The molecule has 6 N–H and O–H groups in total. The van der Waals surface area contributed by atoms with Gasteiger partial charge in [-0.1, -0.05) is 18.2 Å². The molecule has 0 saturated carbocycles. The Balaban J connectivity index is 1.86. The van der Waals surface area contributed by atoms with E-state index < -0.39 is 0 Å². The first-order chi connectivity index (χ1) is 12.0. The quantitative estimate of drug-likeness (QED) is 0.328. The van der Waals surface area contributed by atoms with Crippen LogP contribution < -0.4 is 16.8 Å². The molecule has 0 atom stereocenters. The van der Waals surface area contributed by atoms with Crippen LogP contribution in [-0.2, 0) is 0 Å². The topological polar surface area (TPSA) is 135 Å². The fraction of sp³-hybridized carbons (Fsp3) is 0.0588. The number of pyridine rings is 1. The molecule has 3 aromatic rings. The Hall–Kier alpha value is -3.68. The minimum atomic E-state index is -0.262. The van der Waals surface area contributed by atoms with Gasteiger partial charge in [0.05, 0.1) is 5.71 Å². The first-order valence-electron chi connectivity index (χ1n) is 7.51. The fourth-order valence-electron chi connectivity index (χ4n) is 2.29. The third kappa shape index (κ3) is 3.81. The number of H-pyrrole nitrogens is 1. The summed E-state index contributed by atoms with van der Waals surface area (Å²) in [6.45, 7) is 1.80. The van der Waals surface area contributed by atoms with Crippen molar-refractivity contribution in [2.24, 2.45) is 21.7 Å². The summed E-state index contributed by atoms with van der Waals surface area (Å²) in [4.78, 5) is 19.5. The second kappa shape index (κ2) is 6.83. The average Bonchev–Trinajstić information content (AvgIpc) is 3.04. The number of amides is 1. The number of nitrogens with zero attached hydrogens (tertiary/aromatic N) is 3. The Bertz CT molecular complexity index is 969. The molecule has 2 aromatic heterocycles. The van der Waals surface area contributed by atoms with E-state index in [0.717, 1.165) is 16.5 Å². The zero-order chi connectivity index (χ0) is 17.8. The molecule has 1 aromatic carbocycles. The highest BCUT2D eigenvalue weighted by Gasteiger charge is 2.11. The van der Waals surface area contributed by atoms with Crippen LogP contribution in [0.2, 0.25) is 0 Å². The number of rotatable bonds is 4. The molecule has 0 aliphatic rings. The predicted octanol–water partition coefficient (Wildman–Crippen LogP) is 1.81. The van der Waals surface area contributed by atoms with E-state index >= 15 is 0 Å². The second-order valence-corrected chi connectivity index (χ2v) is 5.36. The molecule has 0 aliphatic carbocycles. The van der Waals surface area contributed by atoms with Crippen LogP contribution in [0.3, 0.4) is 0 Å². The Labute approximate surface area is 143 Å². The number of benzene rings is 1. The lowest BCUT2D eigenvalue weighted by atomic mass is 10.1. The van der Waals surface area contributed by atoms with Crippen molar-refractivity contribution in [1.29, 1.82) is 0 Å². The van der Waals surface area contributed by atoms with Crippen LogP contribution in [0.5, 0.6) is 0 Å². The summed E-state index contributed by atoms with van der Waals surface area (Å²) in [5.74, 6) is 0.128. The monoisotopic (exact) mass is 335 g/mol. The third-order valence-corrected chi connectivity index (χ3v) is 3.51. The SMILES string of the molecule is C/C(=N\N=C(N)N)c1ccc2cc(C(=O)Nc3ccccn3)[nH]c2c1. The first kappa shape index (κ1) is 16.2. The number of carbonyl (C=O) groups excluding carboxylic acids is 1. The molecule has 126 valence electrons. The number of fused-ring (bicyclic) bond motifs is 1. The molecule has 2 heterocycles. The average molecular weight is 335 g/mol. The molecular weight excluding hydrogens is 318 g/mol. The zero-order valence-electron chi connectivity index (χ0n) is 13.5. The molecule has 0 fully saturated rings. The zero-order valence-corrected chi connectivity index (χ0v) is 13.5. The number of nitrogens with two attached hydrogens (primary N) is 2. The summed E-state index contributed by atoms with van der Waals surface area (Å²) in [5, 5.41) is 11.2. The van der Waals surface area contributed by atoms with Crippen molar-refractivity contribution in [2.75, 3.05) is 5.32 Å². The maximum absolute atomic E-state index is 12.3. The summed E-state index contributed by atoms with van der Waals surface area (Å²) >= 11 is 0. The number of hydrogen-bond acceptors (Lipinski definition) is 4. The largest absolute Gasteiger partial charge is 0.369 e. The minimum Gasteiger partial charge on any atom is -0.369 e. The fourth-order valence-corrected chi connectivity index (χ4v) is 2.29. The number of nitrogens with one attached hydrogen (secondary N) is 2. The summed E-state index contributed by atoms with van der Waals surface area (Å²) < 4.78 is 0. The van der Waals surface area contributed by atoms with Crippen molar-refractivity contribution in [2.45, 2.75) is 6.92 Å². The summed E-state index contributed by atoms with van der Waals surface area (Å²) in [7, 11) is 0. The molecule has 0 bridgehead atoms. The van der Waals surface area contributed by atoms with Gasteiger partial charge in [-0.15, -0.1) is 5.10 Å². The third-order valence-electron chi connectivity index (χ3n) is 3.51. The highest BCUT2D eigenvalue weighted by molar-refractivity contribution is 6.07. The van der Waals surface area contributed by atoms with Crippen LogP contribution in [0.25, 0.3) is 10.9 Å². The standard InChI is InChI=1S/C17H17N7O/c1-10(23-24-17(18)19)11-5-6-12-9-14(21-13(12)8-11)16(25)22-15-4-2-3-7-20-15/h2-9,21H,1H3,(H4,18,19,24)(H,20,22,25)/b23-10+. The van der Waals surface area contributed by atoms with E-state index in [2.05, 4.69) is 25.5 Å². The van der Waals surface area contributed by atoms with Gasteiger partial charge in [0, 0.05) is 17.1 Å². The summed E-state index contributed by atoms with van der Waals surface area (Å²) in [6.07, 6.45) is 1.62. The van der Waals surface area contributed by atoms with Gasteiger partial charge in [-0.3, -0.25) is 4.79 Å². The summed E-state index contributed by atoms with van der Waals surface area (Å²) in [6, 6.07) is 12.8. The van der Waals surface area contributed by atoms with Crippen LogP contribution in [0, 0.1) is 0 Å². The molecule has 0 spiro atoms. The van der Waals surface area contributed by atoms with E-state index in [1.54, 1.807) is 37.4 Å². The van der Waals surface area contributed by atoms with E-state index in [1.165, 1.54) is 0 Å². The molecular formula is C17H17N7O. The molecule has 0 radical (unpaired) electrons. The Morgan fingerprint density at radius 2 is 2.00 bits per heavy atom. The van der Waals surface area contributed by atoms with Gasteiger partial charge in [-0.05, 0) is 36.8 Å². The van der Waals surface area contributed by atoms with E-state index in [0.29, 0.717) is 17.2 Å². The smallest absolute Gasteiger partial charge is 0.273 e. The number of aromatic nitrogens is 2. The molecule has 8 heteroatoms. The van der Waals surface area contributed by atoms with Crippen LogP contribution in [0.1, 0.15) is 23.0 Å². The molecule has 0 saturated heterocycles. The lowest BCUT2D eigenvalue weighted by Crippen LogP contribution is -2.22. The molecule has 3 rings (SSSR count). The van der Waals surface area contributed by atoms with Gasteiger partial charge in [0.1, 0.15) is 11.5 Å². The molecule has 0 aliphatic heterocycles. The van der Waals surface area contributed by atoms with Crippen molar-refractivity contribution in [3.8, 4) is 0 Å². The lowest BCUT2D eigenvalue weighted by molar-refractivity contribution is 0.102. The number of hydrogen-bond donors (Lipinski definition) is 4. The summed E-state index contributed by atoms with van der Waals surface area (Å²) in [5.41, 5.74) is 13.3. The van der Waals surface area contributed by atoms with Crippen molar-refractivity contribution >= 4 is 34.3 Å². The predicted molar refractivity (Wildman–Crippen MR) is 98.5 cm³/mol. The normalized spacial score (nSPS) is 11.3. The van der Waals surface area contributed by atoms with Crippen molar-refractivity contribution < 1.29 is 4.79 Å². The Morgan fingerprint density at radius 1 is 1.16 bits per heavy atom. The van der Waals surface area contributed by atoms with E-state index in [1.807, 2.05) is 18.2 Å². The van der Waals surface area contributed by atoms with Crippen molar-refractivity contribution in [3.63, 3.8) is 0 Å². The Kier molecular flexibility index (Phi) is 4.42. The second-order valence-electron chi connectivity index (χ2n) is 5.36. The van der Waals surface area contributed by atoms with Crippen LogP contribution >= 0.6 is 0 Å². The van der Waals surface area contributed by atoms with Gasteiger partial charge in [0.15, 0.2) is 0 Å². The van der Waals surface area contributed by atoms with E-state index in [4.69, 9.17) is 11.5 Å². The molecule has 25 heavy (non-hydrogen) atoms. The molecule has 0 unspecified atom stereocenters. The van der Waals surface area contributed by atoms with Crippen LogP contribution in [0.15, 0.2) is 58.9 Å². The van der Waals surface area contributed by atoms with Crippen LogP contribution in [0.4, 0.5) is 5.82 Å². The van der Waals surface area contributed by atoms with Gasteiger partial charge in [0.2, 0.25) is 5.96 Å². The van der Waals surface area contributed by atoms with Gasteiger partial charge in [-0.25, -0.2) is 4.98 Å². The maximum atomic E-state index is 12.3. The number of aromatic amines is 1. The lowest BCUT2D eigenvalue weighted by Gasteiger charge is -2.01. The van der Waals surface area contributed by atoms with Crippen molar-refractivity contribution in [1.82, 2.24) is 9.97 Å². The van der Waals surface area contributed by atoms with Gasteiger partial charge in [-0.2, -0.15) is 5.10 Å². The van der Waals surface area contributed by atoms with Crippen molar-refractivity contribution in [3.05, 3.63) is 59.9 Å². The molecule has 8 nitrogen and oxygen atoms in total.